The lowest BCUT2D eigenvalue weighted by Crippen LogP contribution is -2.10. The number of hydrogen-bond acceptors (Lipinski definition) is 5. The van der Waals surface area contributed by atoms with Gasteiger partial charge in [-0.15, -0.1) is 0 Å². The second-order valence-corrected chi connectivity index (χ2v) is 6.57. The Kier molecular flexibility index (Phi) is 7.83. The van der Waals surface area contributed by atoms with Gasteiger partial charge in [0.15, 0.2) is 0 Å². The Balaban J connectivity index is 1.96. The Labute approximate surface area is 143 Å². The molecule has 0 aliphatic carbocycles. The van der Waals surface area contributed by atoms with Crippen LogP contribution < -0.4 is 9.05 Å². The molecular weight excluding hydrogens is 327 g/mol. The lowest BCUT2D eigenvalue weighted by atomic mass is 10.3. The van der Waals surface area contributed by atoms with Crippen LogP contribution in [0.5, 0.6) is 11.5 Å². The van der Waals surface area contributed by atoms with Crippen molar-refractivity contribution in [1.29, 1.82) is 0 Å². The maximum absolute atomic E-state index is 12.9. The number of ether oxygens (including phenoxy) is 1. The molecule has 0 aliphatic rings. The van der Waals surface area contributed by atoms with Gasteiger partial charge in [0, 0.05) is 6.61 Å². The maximum Gasteiger partial charge on any atom is 0.587 e. The van der Waals surface area contributed by atoms with E-state index in [1.165, 1.54) is 0 Å². The number of hydrogen-bond donors (Lipinski definition) is 0. The highest BCUT2D eigenvalue weighted by molar-refractivity contribution is 7.49. The molecule has 0 aromatic heterocycles. The van der Waals surface area contributed by atoms with Crippen LogP contribution in [0.2, 0.25) is 0 Å². The molecule has 0 heterocycles. The molecule has 0 aliphatic heterocycles. The molecule has 0 amide bonds. The molecule has 0 bridgehead atoms. The summed E-state index contributed by atoms with van der Waals surface area (Å²) in [4.78, 5) is 0. The third-order valence-corrected chi connectivity index (χ3v) is 4.41. The molecule has 0 saturated carbocycles. The molecule has 0 saturated heterocycles. The second kappa shape index (κ2) is 10.1. The third-order valence-electron chi connectivity index (χ3n) is 3.04. The van der Waals surface area contributed by atoms with Gasteiger partial charge in [0.05, 0.1) is 13.2 Å². The number of unbranched alkanes of at least 4 members (excludes halogenated alkanes) is 1. The molecule has 0 atom stereocenters. The molecule has 5 nitrogen and oxygen atoms in total. The highest BCUT2D eigenvalue weighted by Gasteiger charge is 2.30. The Hall–Kier alpha value is -1.81. The molecule has 2 aromatic carbocycles. The molecule has 6 heteroatoms. The van der Waals surface area contributed by atoms with Crippen molar-refractivity contribution in [2.24, 2.45) is 0 Å². The van der Waals surface area contributed by atoms with E-state index in [0.29, 0.717) is 24.7 Å². The molecule has 0 spiro atoms. The van der Waals surface area contributed by atoms with E-state index in [1.807, 2.05) is 12.1 Å². The van der Waals surface area contributed by atoms with Crippen molar-refractivity contribution in [3.63, 3.8) is 0 Å². The molecule has 0 unspecified atom stereocenters. The van der Waals surface area contributed by atoms with E-state index in [2.05, 4.69) is 6.92 Å². The fourth-order valence-electron chi connectivity index (χ4n) is 1.85. The fourth-order valence-corrected chi connectivity index (χ4v) is 3.05. The van der Waals surface area contributed by atoms with Gasteiger partial charge < -0.3 is 13.8 Å². The van der Waals surface area contributed by atoms with Crippen molar-refractivity contribution in [2.75, 3.05) is 19.8 Å². The van der Waals surface area contributed by atoms with Crippen LogP contribution in [-0.2, 0) is 13.8 Å². The summed E-state index contributed by atoms with van der Waals surface area (Å²) in [6.45, 7) is 3.21. The summed E-state index contributed by atoms with van der Waals surface area (Å²) in [5.41, 5.74) is 0. The molecule has 2 rings (SSSR count). The Bertz CT molecular complexity index is 572. The zero-order valence-corrected chi connectivity index (χ0v) is 14.7. The number of para-hydroxylation sites is 2. The molecule has 0 fully saturated rings. The standard InChI is InChI=1S/C18H23O5P/c1-2-3-14-20-15-16-21-24(19,22-17-10-6-4-7-11-17)23-18-12-8-5-9-13-18/h4-13H,2-3,14-16H2,1H3. The minimum absolute atomic E-state index is 0.126. The normalized spacial score (nSPS) is 11.2. The van der Waals surface area contributed by atoms with Gasteiger partial charge in [-0.2, -0.15) is 0 Å². The molecule has 130 valence electrons. The van der Waals surface area contributed by atoms with E-state index < -0.39 is 7.82 Å². The van der Waals surface area contributed by atoms with Gasteiger partial charge in [0.25, 0.3) is 0 Å². The molecule has 24 heavy (non-hydrogen) atoms. The van der Waals surface area contributed by atoms with Crippen molar-refractivity contribution in [1.82, 2.24) is 0 Å². The molecule has 0 N–H and O–H groups in total. The van der Waals surface area contributed by atoms with Crippen LogP contribution >= 0.6 is 7.82 Å². The van der Waals surface area contributed by atoms with Crippen molar-refractivity contribution in [2.45, 2.75) is 19.8 Å². The van der Waals surface area contributed by atoms with Crippen LogP contribution in [0, 0.1) is 0 Å². The van der Waals surface area contributed by atoms with E-state index in [-0.39, 0.29) is 6.61 Å². The SMILES string of the molecule is CCCCOCCOP(=O)(Oc1ccccc1)Oc1ccccc1. The Morgan fingerprint density at radius 3 is 1.83 bits per heavy atom. The van der Waals surface area contributed by atoms with E-state index in [4.69, 9.17) is 18.3 Å². The van der Waals surface area contributed by atoms with Gasteiger partial charge in [-0.25, -0.2) is 4.57 Å². The number of phosphoric ester groups is 1. The largest absolute Gasteiger partial charge is 0.587 e. The smallest absolute Gasteiger partial charge is 0.395 e. The van der Waals surface area contributed by atoms with E-state index in [0.717, 1.165) is 12.8 Å². The summed E-state index contributed by atoms with van der Waals surface area (Å²) in [5, 5.41) is 0. The third kappa shape index (κ3) is 6.75. The number of phosphoric acid groups is 1. The topological polar surface area (TPSA) is 54.0 Å². The van der Waals surface area contributed by atoms with Crippen LogP contribution in [-0.4, -0.2) is 19.8 Å². The van der Waals surface area contributed by atoms with Gasteiger partial charge in [0.1, 0.15) is 11.5 Å². The van der Waals surface area contributed by atoms with Gasteiger partial charge in [0.2, 0.25) is 0 Å². The van der Waals surface area contributed by atoms with Gasteiger partial charge >= 0.3 is 7.82 Å². The van der Waals surface area contributed by atoms with E-state index in [9.17, 15) is 4.57 Å². The first-order chi connectivity index (χ1) is 11.7. The minimum atomic E-state index is -3.80. The van der Waals surface area contributed by atoms with Crippen molar-refractivity contribution < 1.29 is 22.9 Å². The van der Waals surface area contributed by atoms with Crippen LogP contribution in [0.15, 0.2) is 60.7 Å². The van der Waals surface area contributed by atoms with Crippen LogP contribution in [0.25, 0.3) is 0 Å². The summed E-state index contributed by atoms with van der Waals surface area (Å²) in [6.07, 6.45) is 2.05. The number of rotatable bonds is 11. The second-order valence-electron chi connectivity index (χ2n) is 5.06. The monoisotopic (exact) mass is 350 g/mol. The highest BCUT2D eigenvalue weighted by atomic mass is 31.2. The van der Waals surface area contributed by atoms with Gasteiger partial charge in [-0.3, -0.25) is 4.52 Å². The lowest BCUT2D eigenvalue weighted by Gasteiger charge is -2.19. The predicted octanol–water partition coefficient (Wildman–Crippen LogP) is 5.09. The Morgan fingerprint density at radius 1 is 0.792 bits per heavy atom. The lowest BCUT2D eigenvalue weighted by molar-refractivity contribution is 0.0865. The molecular formula is C18H23O5P. The maximum atomic E-state index is 12.9. The number of benzene rings is 2. The molecule has 2 aromatic rings. The van der Waals surface area contributed by atoms with Gasteiger partial charge in [-0.1, -0.05) is 49.7 Å². The van der Waals surface area contributed by atoms with Crippen LogP contribution in [0.1, 0.15) is 19.8 Å². The average Bonchev–Trinajstić information content (AvgIpc) is 2.60. The van der Waals surface area contributed by atoms with Gasteiger partial charge in [-0.05, 0) is 30.7 Å². The first kappa shape index (κ1) is 18.5. The summed E-state index contributed by atoms with van der Waals surface area (Å²) in [6, 6.07) is 17.6. The minimum Gasteiger partial charge on any atom is -0.395 e. The predicted molar refractivity (Wildman–Crippen MR) is 93.4 cm³/mol. The quantitative estimate of drug-likeness (QED) is 0.417. The highest BCUT2D eigenvalue weighted by Crippen LogP contribution is 2.49. The zero-order chi connectivity index (χ0) is 17.1. The van der Waals surface area contributed by atoms with Crippen molar-refractivity contribution in [3.8, 4) is 11.5 Å². The Morgan fingerprint density at radius 2 is 1.33 bits per heavy atom. The average molecular weight is 350 g/mol. The summed E-state index contributed by atoms with van der Waals surface area (Å²) < 4.78 is 34.7. The molecule has 0 radical (unpaired) electrons. The van der Waals surface area contributed by atoms with E-state index >= 15 is 0 Å². The summed E-state index contributed by atoms with van der Waals surface area (Å²) >= 11 is 0. The summed E-state index contributed by atoms with van der Waals surface area (Å²) in [7, 11) is -3.80. The van der Waals surface area contributed by atoms with Crippen molar-refractivity contribution in [3.05, 3.63) is 60.7 Å². The van der Waals surface area contributed by atoms with Crippen LogP contribution in [0.4, 0.5) is 0 Å². The summed E-state index contributed by atoms with van der Waals surface area (Å²) in [5.74, 6) is 0.840. The van der Waals surface area contributed by atoms with Crippen molar-refractivity contribution >= 4 is 7.82 Å². The van der Waals surface area contributed by atoms with E-state index in [1.54, 1.807) is 48.5 Å². The zero-order valence-electron chi connectivity index (χ0n) is 13.8. The first-order valence-corrected chi connectivity index (χ1v) is 9.49. The first-order valence-electron chi connectivity index (χ1n) is 8.03. The fraction of sp³-hybridized carbons (Fsp3) is 0.333. The van der Waals surface area contributed by atoms with Crippen LogP contribution in [0.3, 0.4) is 0 Å².